The monoisotopic (exact) mass is 312 g/mol. The number of halogens is 1. The van der Waals surface area contributed by atoms with Crippen molar-refractivity contribution in [3.63, 3.8) is 0 Å². The number of aryl methyl sites for hydroxylation is 2. The molecule has 0 spiro atoms. The number of methoxy groups -OCH3 is 2. The molecule has 0 unspecified atom stereocenters. The quantitative estimate of drug-likeness (QED) is 0.673. The third-order valence-corrected chi connectivity index (χ3v) is 3.93. The van der Waals surface area contributed by atoms with Crippen LogP contribution < -0.4 is 14.0 Å². The summed E-state index contributed by atoms with van der Waals surface area (Å²) < 4.78 is 25.9. The molecule has 1 aromatic heterocycles. The lowest BCUT2D eigenvalue weighted by Crippen LogP contribution is -2.33. The largest absolute Gasteiger partial charge is 0.493 e. The fourth-order valence-corrected chi connectivity index (χ4v) is 2.68. The summed E-state index contributed by atoms with van der Waals surface area (Å²) in [7, 11) is 3.28. The molecule has 0 radical (unpaired) electrons. The Hall–Kier alpha value is -2.62. The molecule has 1 heterocycles. The topological polar surface area (TPSA) is 22.3 Å². The SMILES string of the molecule is COc1ccc2cc[n+](CCc3ccc(F)cc3)cc2c1OC. The van der Waals surface area contributed by atoms with Crippen LogP contribution in [-0.4, -0.2) is 14.2 Å². The first-order valence-electron chi connectivity index (χ1n) is 7.49. The minimum Gasteiger partial charge on any atom is -0.493 e. The molecule has 2 aromatic carbocycles. The van der Waals surface area contributed by atoms with Crippen LogP contribution in [0.15, 0.2) is 54.9 Å². The van der Waals surface area contributed by atoms with Crippen molar-refractivity contribution in [2.75, 3.05) is 14.2 Å². The van der Waals surface area contributed by atoms with Crippen LogP contribution in [0.25, 0.3) is 10.8 Å². The van der Waals surface area contributed by atoms with Gasteiger partial charge in [-0.05, 0) is 35.2 Å². The maximum atomic E-state index is 12.9. The van der Waals surface area contributed by atoms with Gasteiger partial charge in [0, 0.05) is 12.5 Å². The molecule has 23 heavy (non-hydrogen) atoms. The van der Waals surface area contributed by atoms with Gasteiger partial charge < -0.3 is 9.47 Å². The number of hydrogen-bond donors (Lipinski definition) is 0. The lowest BCUT2D eigenvalue weighted by atomic mass is 10.1. The molecule has 0 saturated heterocycles. The molecule has 3 rings (SSSR count). The molecule has 0 fully saturated rings. The van der Waals surface area contributed by atoms with E-state index in [0.717, 1.165) is 40.8 Å². The Labute approximate surface area is 134 Å². The highest BCUT2D eigenvalue weighted by molar-refractivity contribution is 5.89. The second-order valence-corrected chi connectivity index (χ2v) is 5.36. The van der Waals surface area contributed by atoms with Gasteiger partial charge >= 0.3 is 0 Å². The van der Waals surface area contributed by atoms with E-state index < -0.39 is 0 Å². The highest BCUT2D eigenvalue weighted by atomic mass is 19.1. The highest BCUT2D eigenvalue weighted by Gasteiger charge is 2.13. The van der Waals surface area contributed by atoms with E-state index in [0.29, 0.717) is 0 Å². The van der Waals surface area contributed by atoms with Crippen LogP contribution in [0.3, 0.4) is 0 Å². The molecule has 0 aliphatic rings. The summed E-state index contributed by atoms with van der Waals surface area (Å²) in [5, 5.41) is 2.11. The van der Waals surface area contributed by atoms with Gasteiger partial charge in [0.1, 0.15) is 5.82 Å². The maximum absolute atomic E-state index is 12.9. The van der Waals surface area contributed by atoms with E-state index in [9.17, 15) is 4.39 Å². The Bertz CT molecular complexity index is 815. The van der Waals surface area contributed by atoms with Gasteiger partial charge in [-0.25, -0.2) is 8.96 Å². The minimum absolute atomic E-state index is 0.205. The second kappa shape index (κ2) is 6.65. The van der Waals surface area contributed by atoms with E-state index in [1.54, 1.807) is 14.2 Å². The van der Waals surface area contributed by atoms with Gasteiger partial charge in [0.15, 0.2) is 30.4 Å². The third kappa shape index (κ3) is 3.26. The van der Waals surface area contributed by atoms with Gasteiger partial charge in [0.25, 0.3) is 0 Å². The standard InChI is InChI=1S/C19H19FNO2/c1-22-18-8-5-15-10-12-21(13-17(15)19(18)23-2)11-9-14-3-6-16(20)7-4-14/h3-8,10,12-13H,9,11H2,1-2H3/q+1. The molecular weight excluding hydrogens is 293 g/mol. The van der Waals surface area contributed by atoms with Crippen molar-refractivity contribution in [3.8, 4) is 11.5 Å². The molecule has 0 bridgehead atoms. The van der Waals surface area contributed by atoms with Gasteiger partial charge in [-0.2, -0.15) is 0 Å². The minimum atomic E-state index is -0.205. The molecule has 0 amide bonds. The Morgan fingerprint density at radius 2 is 1.74 bits per heavy atom. The number of ether oxygens (including phenoxy) is 2. The maximum Gasteiger partial charge on any atom is 0.180 e. The molecule has 0 aliphatic heterocycles. The summed E-state index contributed by atoms with van der Waals surface area (Å²) in [5.41, 5.74) is 1.11. The number of pyridine rings is 1. The van der Waals surface area contributed by atoms with E-state index in [4.69, 9.17) is 9.47 Å². The van der Waals surface area contributed by atoms with Crippen molar-refractivity contribution < 1.29 is 18.4 Å². The van der Waals surface area contributed by atoms with Crippen molar-refractivity contribution in [1.29, 1.82) is 0 Å². The average molecular weight is 312 g/mol. The van der Waals surface area contributed by atoms with Gasteiger partial charge in [0.05, 0.1) is 19.6 Å². The number of fused-ring (bicyclic) bond motifs is 1. The number of nitrogens with zero attached hydrogens (tertiary/aromatic N) is 1. The first kappa shape index (κ1) is 15.3. The van der Waals surface area contributed by atoms with Crippen LogP contribution in [0.5, 0.6) is 11.5 Å². The number of rotatable bonds is 5. The number of benzene rings is 2. The summed E-state index contributed by atoms with van der Waals surface area (Å²) in [4.78, 5) is 0. The van der Waals surface area contributed by atoms with Crippen molar-refractivity contribution >= 4 is 10.8 Å². The van der Waals surface area contributed by atoms with E-state index in [-0.39, 0.29) is 5.82 Å². The van der Waals surface area contributed by atoms with E-state index in [2.05, 4.69) is 16.8 Å². The first-order chi connectivity index (χ1) is 11.2. The molecule has 0 aliphatic carbocycles. The Balaban J connectivity index is 1.88. The zero-order valence-electron chi connectivity index (χ0n) is 13.3. The van der Waals surface area contributed by atoms with Crippen LogP contribution in [0.1, 0.15) is 5.56 Å². The number of aromatic nitrogens is 1. The van der Waals surface area contributed by atoms with Crippen LogP contribution >= 0.6 is 0 Å². The van der Waals surface area contributed by atoms with Crippen LogP contribution in [-0.2, 0) is 13.0 Å². The molecule has 3 nitrogen and oxygen atoms in total. The van der Waals surface area contributed by atoms with Crippen LogP contribution in [0.2, 0.25) is 0 Å². The van der Waals surface area contributed by atoms with E-state index in [1.807, 2.05) is 30.5 Å². The fraction of sp³-hybridized carbons (Fsp3) is 0.211. The van der Waals surface area contributed by atoms with Gasteiger partial charge in [-0.3, -0.25) is 0 Å². The van der Waals surface area contributed by atoms with Crippen LogP contribution in [0, 0.1) is 5.82 Å². The average Bonchev–Trinajstić information content (AvgIpc) is 2.60. The smallest absolute Gasteiger partial charge is 0.180 e. The molecule has 3 aromatic rings. The fourth-order valence-electron chi connectivity index (χ4n) is 2.68. The normalized spacial score (nSPS) is 10.7. The summed E-state index contributed by atoms with van der Waals surface area (Å²) in [6.45, 7) is 0.807. The van der Waals surface area contributed by atoms with Gasteiger partial charge in [-0.15, -0.1) is 0 Å². The van der Waals surface area contributed by atoms with Crippen molar-refractivity contribution in [3.05, 3.63) is 66.2 Å². The third-order valence-electron chi connectivity index (χ3n) is 3.93. The predicted molar refractivity (Wildman–Crippen MR) is 87.4 cm³/mol. The zero-order valence-corrected chi connectivity index (χ0v) is 13.3. The van der Waals surface area contributed by atoms with Gasteiger partial charge in [-0.1, -0.05) is 12.1 Å². The van der Waals surface area contributed by atoms with E-state index in [1.165, 1.54) is 12.1 Å². The molecule has 0 atom stereocenters. The Morgan fingerprint density at radius 3 is 2.43 bits per heavy atom. The van der Waals surface area contributed by atoms with E-state index >= 15 is 0 Å². The zero-order chi connectivity index (χ0) is 16.2. The van der Waals surface area contributed by atoms with Crippen molar-refractivity contribution in [1.82, 2.24) is 0 Å². The second-order valence-electron chi connectivity index (χ2n) is 5.36. The Kier molecular flexibility index (Phi) is 4.42. The molecular formula is C19H19FNO2+. The molecule has 4 heteroatoms. The van der Waals surface area contributed by atoms with Crippen molar-refractivity contribution in [2.45, 2.75) is 13.0 Å². The number of hydrogen-bond acceptors (Lipinski definition) is 2. The summed E-state index contributed by atoms with van der Waals surface area (Å²) in [6, 6.07) is 12.6. The highest BCUT2D eigenvalue weighted by Crippen LogP contribution is 2.34. The summed E-state index contributed by atoms with van der Waals surface area (Å²) >= 11 is 0. The summed E-state index contributed by atoms with van der Waals surface area (Å²) in [6.07, 6.45) is 4.93. The molecule has 0 N–H and O–H groups in total. The predicted octanol–water partition coefficient (Wildman–Crippen LogP) is 3.53. The van der Waals surface area contributed by atoms with Crippen molar-refractivity contribution in [2.24, 2.45) is 0 Å². The van der Waals surface area contributed by atoms with Crippen LogP contribution in [0.4, 0.5) is 4.39 Å². The lowest BCUT2D eigenvalue weighted by molar-refractivity contribution is -0.695. The lowest BCUT2D eigenvalue weighted by Gasteiger charge is -2.09. The van der Waals surface area contributed by atoms with Gasteiger partial charge in [0.2, 0.25) is 0 Å². The summed E-state index contributed by atoms with van der Waals surface area (Å²) in [5.74, 6) is 1.25. The Morgan fingerprint density at radius 1 is 0.957 bits per heavy atom. The molecule has 0 saturated carbocycles. The first-order valence-corrected chi connectivity index (χ1v) is 7.49. The molecule has 118 valence electrons.